The molecule has 4 nitrogen and oxygen atoms in total. The summed E-state index contributed by atoms with van der Waals surface area (Å²) in [6.07, 6.45) is -0.335. The molecule has 0 bridgehead atoms. The van der Waals surface area contributed by atoms with E-state index in [0.717, 1.165) is 16.4 Å². The van der Waals surface area contributed by atoms with Gasteiger partial charge in [0, 0.05) is 17.2 Å². The Bertz CT molecular complexity index is 373. The molecule has 0 spiro atoms. The fourth-order valence-corrected chi connectivity index (χ4v) is 2.46. The molecule has 0 saturated heterocycles. The minimum Gasteiger partial charge on any atom is -0.486 e. The van der Waals surface area contributed by atoms with Crippen molar-refractivity contribution in [3.05, 3.63) is 18.2 Å². The maximum Gasteiger partial charge on any atom is 0.162 e. The van der Waals surface area contributed by atoms with Gasteiger partial charge in [-0.25, -0.2) is 0 Å². The largest absolute Gasteiger partial charge is 0.486 e. The average molecular weight is 255 g/mol. The van der Waals surface area contributed by atoms with E-state index >= 15 is 0 Å². The third-order valence-electron chi connectivity index (χ3n) is 2.40. The molecule has 2 rings (SSSR count). The van der Waals surface area contributed by atoms with Crippen LogP contribution in [0.25, 0.3) is 0 Å². The summed E-state index contributed by atoms with van der Waals surface area (Å²) < 4.78 is 11.0. The van der Waals surface area contributed by atoms with Crippen LogP contribution in [0.2, 0.25) is 0 Å². The first-order chi connectivity index (χ1) is 8.29. The topological polar surface area (TPSA) is 50.7 Å². The van der Waals surface area contributed by atoms with Crippen molar-refractivity contribution in [1.29, 1.82) is 0 Å². The van der Waals surface area contributed by atoms with Crippen LogP contribution in [0.3, 0.4) is 0 Å². The lowest BCUT2D eigenvalue weighted by molar-refractivity contribution is 0.171. The molecule has 0 fully saturated rings. The maximum absolute atomic E-state index is 9.61. The van der Waals surface area contributed by atoms with Gasteiger partial charge < -0.3 is 19.9 Å². The Morgan fingerprint density at radius 2 is 2.12 bits per heavy atom. The molecule has 0 saturated carbocycles. The van der Waals surface area contributed by atoms with Gasteiger partial charge in [0.25, 0.3) is 0 Å². The number of fused-ring (bicyclic) bond motifs is 1. The van der Waals surface area contributed by atoms with Crippen molar-refractivity contribution in [1.82, 2.24) is 5.32 Å². The van der Waals surface area contributed by atoms with E-state index in [-0.39, 0.29) is 6.10 Å². The van der Waals surface area contributed by atoms with Gasteiger partial charge in [-0.15, -0.1) is 11.8 Å². The van der Waals surface area contributed by atoms with Crippen molar-refractivity contribution < 1.29 is 14.6 Å². The predicted octanol–water partition coefficient (Wildman–Crippen LogP) is 1.13. The lowest BCUT2D eigenvalue weighted by Gasteiger charge is -2.19. The minimum absolute atomic E-state index is 0.335. The first-order valence-electron chi connectivity index (χ1n) is 5.64. The molecule has 0 aromatic heterocycles. The SMILES string of the molecule is CNCC(O)CSc1ccc2c(c1)OCCO2. The summed E-state index contributed by atoms with van der Waals surface area (Å²) in [4.78, 5) is 1.09. The maximum atomic E-state index is 9.61. The van der Waals surface area contributed by atoms with Crippen molar-refractivity contribution in [2.75, 3.05) is 32.6 Å². The highest BCUT2D eigenvalue weighted by Gasteiger charge is 2.12. The van der Waals surface area contributed by atoms with E-state index in [1.807, 2.05) is 25.2 Å². The second-order valence-electron chi connectivity index (χ2n) is 3.83. The number of likely N-dealkylation sites (N-methyl/N-ethyl adjacent to an activating group) is 1. The van der Waals surface area contributed by atoms with Crippen LogP contribution < -0.4 is 14.8 Å². The van der Waals surface area contributed by atoms with Gasteiger partial charge in [0.2, 0.25) is 0 Å². The van der Waals surface area contributed by atoms with Crippen LogP contribution in [0.15, 0.2) is 23.1 Å². The number of thioether (sulfide) groups is 1. The molecule has 0 amide bonds. The Hall–Kier alpha value is -0.910. The standard InChI is InChI=1S/C12H17NO3S/c1-13-7-9(14)8-17-10-2-3-11-12(6-10)16-5-4-15-11/h2-3,6,9,13-14H,4-5,7-8H2,1H3. The monoisotopic (exact) mass is 255 g/mol. The van der Waals surface area contributed by atoms with Gasteiger partial charge in [0.1, 0.15) is 13.2 Å². The molecule has 0 aliphatic carbocycles. The molecule has 5 heteroatoms. The van der Waals surface area contributed by atoms with Crippen LogP contribution in [0.4, 0.5) is 0 Å². The summed E-state index contributed by atoms with van der Waals surface area (Å²) >= 11 is 1.62. The van der Waals surface area contributed by atoms with Gasteiger partial charge in [-0.2, -0.15) is 0 Å². The van der Waals surface area contributed by atoms with Gasteiger partial charge >= 0.3 is 0 Å². The number of aliphatic hydroxyl groups is 1. The van der Waals surface area contributed by atoms with Crippen LogP contribution in [0.5, 0.6) is 11.5 Å². The second kappa shape index (κ2) is 6.14. The Morgan fingerprint density at radius 3 is 2.88 bits per heavy atom. The van der Waals surface area contributed by atoms with Gasteiger partial charge in [-0.05, 0) is 25.2 Å². The highest BCUT2D eigenvalue weighted by molar-refractivity contribution is 7.99. The third-order valence-corrected chi connectivity index (χ3v) is 3.53. The smallest absolute Gasteiger partial charge is 0.162 e. The molecule has 94 valence electrons. The van der Waals surface area contributed by atoms with Crippen LogP contribution in [0.1, 0.15) is 0 Å². The van der Waals surface area contributed by atoms with Crippen molar-refractivity contribution >= 4 is 11.8 Å². The molecular formula is C12H17NO3S. The van der Waals surface area contributed by atoms with Crippen molar-refractivity contribution in [2.45, 2.75) is 11.0 Å². The molecule has 1 heterocycles. The fourth-order valence-electron chi connectivity index (χ4n) is 1.60. The summed E-state index contributed by atoms with van der Waals surface area (Å²) in [6.45, 7) is 1.82. The quantitative estimate of drug-likeness (QED) is 0.773. The molecule has 17 heavy (non-hydrogen) atoms. The summed E-state index contributed by atoms with van der Waals surface area (Å²) in [5.74, 6) is 2.27. The van der Waals surface area contributed by atoms with Gasteiger partial charge in [0.05, 0.1) is 6.10 Å². The first-order valence-corrected chi connectivity index (χ1v) is 6.63. The predicted molar refractivity (Wildman–Crippen MR) is 68.1 cm³/mol. The Balaban J connectivity index is 1.93. The Morgan fingerprint density at radius 1 is 1.35 bits per heavy atom. The minimum atomic E-state index is -0.335. The summed E-state index contributed by atoms with van der Waals surface area (Å²) in [5, 5.41) is 12.6. The zero-order valence-electron chi connectivity index (χ0n) is 9.81. The average Bonchev–Trinajstić information content (AvgIpc) is 2.36. The number of benzene rings is 1. The van der Waals surface area contributed by atoms with E-state index in [1.165, 1.54) is 0 Å². The van der Waals surface area contributed by atoms with Crippen LogP contribution in [-0.4, -0.2) is 43.8 Å². The number of ether oxygens (including phenoxy) is 2. The zero-order chi connectivity index (χ0) is 12.1. The van der Waals surface area contributed by atoms with E-state index in [4.69, 9.17) is 9.47 Å². The summed E-state index contributed by atoms with van der Waals surface area (Å²) in [7, 11) is 1.83. The number of nitrogens with one attached hydrogen (secondary N) is 1. The van der Waals surface area contributed by atoms with Gasteiger partial charge in [0.15, 0.2) is 11.5 Å². The highest BCUT2D eigenvalue weighted by Crippen LogP contribution is 2.34. The number of hydrogen-bond acceptors (Lipinski definition) is 5. The molecule has 1 unspecified atom stereocenters. The molecule has 1 aromatic carbocycles. The van der Waals surface area contributed by atoms with E-state index in [2.05, 4.69) is 5.32 Å². The van der Waals surface area contributed by atoms with E-state index in [9.17, 15) is 5.11 Å². The molecule has 1 aliphatic heterocycles. The Kier molecular flexibility index (Phi) is 4.53. The Labute approximate surface area is 105 Å². The van der Waals surface area contributed by atoms with Crippen molar-refractivity contribution in [2.24, 2.45) is 0 Å². The third kappa shape index (κ3) is 3.52. The van der Waals surface area contributed by atoms with Crippen molar-refractivity contribution in [3.63, 3.8) is 0 Å². The van der Waals surface area contributed by atoms with Crippen LogP contribution in [-0.2, 0) is 0 Å². The lowest BCUT2D eigenvalue weighted by Crippen LogP contribution is -2.25. The molecule has 1 atom stereocenters. The summed E-state index contributed by atoms with van der Waals surface area (Å²) in [5.41, 5.74) is 0. The molecule has 1 aromatic rings. The number of aliphatic hydroxyl groups excluding tert-OH is 1. The van der Waals surface area contributed by atoms with Gasteiger partial charge in [-0.1, -0.05) is 0 Å². The number of hydrogen-bond donors (Lipinski definition) is 2. The zero-order valence-corrected chi connectivity index (χ0v) is 10.6. The van der Waals surface area contributed by atoms with E-state index < -0.39 is 0 Å². The molecule has 0 radical (unpaired) electrons. The van der Waals surface area contributed by atoms with Crippen molar-refractivity contribution in [3.8, 4) is 11.5 Å². The second-order valence-corrected chi connectivity index (χ2v) is 4.92. The lowest BCUT2D eigenvalue weighted by atomic mass is 10.3. The van der Waals surface area contributed by atoms with Crippen LogP contribution >= 0.6 is 11.8 Å². The van der Waals surface area contributed by atoms with Gasteiger partial charge in [-0.3, -0.25) is 0 Å². The van der Waals surface area contributed by atoms with E-state index in [1.54, 1.807) is 11.8 Å². The van der Waals surface area contributed by atoms with E-state index in [0.29, 0.717) is 25.5 Å². The number of rotatable bonds is 5. The molecule has 1 aliphatic rings. The first kappa shape index (κ1) is 12.5. The fraction of sp³-hybridized carbons (Fsp3) is 0.500. The highest BCUT2D eigenvalue weighted by atomic mass is 32.2. The normalized spacial score (nSPS) is 15.6. The summed E-state index contributed by atoms with van der Waals surface area (Å²) in [6, 6.07) is 5.87. The van der Waals surface area contributed by atoms with Crippen LogP contribution in [0, 0.1) is 0 Å². The molecule has 2 N–H and O–H groups in total. The molecular weight excluding hydrogens is 238 g/mol.